The highest BCUT2D eigenvalue weighted by Crippen LogP contribution is 1.91. The first-order chi connectivity index (χ1) is 3.68. The predicted octanol–water partition coefficient (Wildman–Crippen LogP) is -0.684. The Balaban J connectivity index is 3.71. The third-order valence-corrected chi connectivity index (χ3v) is 0.604. The average molecular weight is 109 g/mol. The monoisotopic (exact) mass is 109 g/mol. The zero-order valence-corrected chi connectivity index (χ0v) is 4.31. The summed E-state index contributed by atoms with van der Waals surface area (Å²) in [7, 11) is 0. The van der Waals surface area contributed by atoms with Gasteiger partial charge in [-0.2, -0.15) is 0 Å². The van der Waals surface area contributed by atoms with E-state index in [1.54, 1.807) is 0 Å². The molecule has 0 rings (SSSR count). The lowest BCUT2D eigenvalue weighted by Gasteiger charge is -1.98. The van der Waals surface area contributed by atoms with Gasteiger partial charge in [-0.15, -0.1) is 12.3 Å². The van der Waals surface area contributed by atoms with Crippen molar-refractivity contribution in [2.75, 3.05) is 0 Å². The molecule has 0 amide bonds. The number of terminal acetylenes is 1. The van der Waals surface area contributed by atoms with Gasteiger partial charge in [0.15, 0.2) is 0 Å². The molecule has 0 atom stereocenters. The van der Waals surface area contributed by atoms with E-state index in [9.17, 15) is 9.90 Å². The Morgan fingerprint density at radius 2 is 2.38 bits per heavy atom. The highest BCUT2D eigenvalue weighted by atomic mass is 16.4. The molecule has 0 N–H and O–H groups in total. The molecule has 42 valence electrons. The molecule has 0 aliphatic carbocycles. The van der Waals surface area contributed by atoms with Crippen LogP contribution < -0.4 is 5.11 Å². The summed E-state index contributed by atoms with van der Waals surface area (Å²) in [6.07, 6.45) is 4.82. The van der Waals surface area contributed by atoms with Crippen molar-refractivity contribution in [3.05, 3.63) is 12.2 Å². The standard InChI is InChI=1S/C6H6O2/c1-3-4-5(2)6(7)8/h1H,2,4H2,(H,7,8)/p-1. The molecule has 0 saturated carbocycles. The van der Waals surface area contributed by atoms with Gasteiger partial charge in [-0.1, -0.05) is 6.58 Å². The van der Waals surface area contributed by atoms with Gasteiger partial charge < -0.3 is 9.90 Å². The molecule has 0 saturated heterocycles. The number of hydrogen-bond acceptors (Lipinski definition) is 2. The van der Waals surface area contributed by atoms with Crippen molar-refractivity contribution in [2.24, 2.45) is 0 Å². The van der Waals surface area contributed by atoms with Crippen molar-refractivity contribution >= 4 is 5.97 Å². The van der Waals surface area contributed by atoms with E-state index < -0.39 is 5.97 Å². The van der Waals surface area contributed by atoms with Gasteiger partial charge in [-0.25, -0.2) is 0 Å². The molecule has 0 aromatic rings. The van der Waals surface area contributed by atoms with Crippen LogP contribution in [0.4, 0.5) is 0 Å². The lowest BCUT2D eigenvalue weighted by atomic mass is 10.2. The lowest BCUT2D eigenvalue weighted by Crippen LogP contribution is -2.23. The van der Waals surface area contributed by atoms with Crippen LogP contribution in [0.25, 0.3) is 0 Å². The first-order valence-corrected chi connectivity index (χ1v) is 2.01. The molecule has 0 bridgehead atoms. The second kappa shape index (κ2) is 2.86. The molecule has 0 aliphatic rings. The predicted molar refractivity (Wildman–Crippen MR) is 27.6 cm³/mol. The van der Waals surface area contributed by atoms with Crippen LogP contribution in [0.2, 0.25) is 0 Å². The van der Waals surface area contributed by atoms with Crippen molar-refractivity contribution < 1.29 is 9.90 Å². The fourth-order valence-electron chi connectivity index (χ4n) is 0.195. The molecule has 0 spiro atoms. The van der Waals surface area contributed by atoms with Crippen molar-refractivity contribution in [1.29, 1.82) is 0 Å². The van der Waals surface area contributed by atoms with E-state index in [0.29, 0.717) is 0 Å². The second-order valence-corrected chi connectivity index (χ2v) is 1.27. The topological polar surface area (TPSA) is 40.1 Å². The van der Waals surface area contributed by atoms with Crippen molar-refractivity contribution in [3.8, 4) is 12.3 Å². The maximum atomic E-state index is 9.78. The van der Waals surface area contributed by atoms with Crippen LogP contribution in [-0.4, -0.2) is 5.97 Å². The Labute approximate surface area is 47.8 Å². The quantitative estimate of drug-likeness (QED) is 0.348. The van der Waals surface area contributed by atoms with Crippen molar-refractivity contribution in [1.82, 2.24) is 0 Å². The Kier molecular flexibility index (Phi) is 2.42. The smallest absolute Gasteiger partial charge is 0.0678 e. The average Bonchev–Trinajstić information content (AvgIpc) is 1.67. The molecule has 0 aromatic heterocycles. The first-order valence-electron chi connectivity index (χ1n) is 2.01. The molecular formula is C6H5O2-. The number of carboxylic acids is 1. The van der Waals surface area contributed by atoms with Crippen LogP contribution in [0.1, 0.15) is 6.42 Å². The number of carbonyl (C=O) groups is 1. The Morgan fingerprint density at radius 1 is 1.88 bits per heavy atom. The van der Waals surface area contributed by atoms with Gasteiger partial charge in [-0.05, 0) is 5.57 Å². The van der Waals surface area contributed by atoms with Gasteiger partial charge in [0.2, 0.25) is 0 Å². The first kappa shape index (κ1) is 6.77. The minimum absolute atomic E-state index is 0.0486. The molecule has 0 fully saturated rings. The van der Waals surface area contributed by atoms with Gasteiger partial charge in [0.25, 0.3) is 0 Å². The Morgan fingerprint density at radius 3 is 2.50 bits per heavy atom. The number of rotatable bonds is 2. The van der Waals surface area contributed by atoms with Crippen LogP contribution in [0, 0.1) is 12.3 Å². The molecule has 0 radical (unpaired) electrons. The van der Waals surface area contributed by atoms with E-state index in [4.69, 9.17) is 6.42 Å². The zero-order valence-electron chi connectivity index (χ0n) is 4.31. The number of hydrogen-bond donors (Lipinski definition) is 0. The van der Waals surface area contributed by atoms with Crippen LogP contribution in [0.15, 0.2) is 12.2 Å². The molecular weight excluding hydrogens is 104 g/mol. The molecule has 0 aromatic carbocycles. The normalized spacial score (nSPS) is 7.38. The third-order valence-electron chi connectivity index (χ3n) is 0.604. The summed E-state index contributed by atoms with van der Waals surface area (Å²) in [5.41, 5.74) is -0.0486. The van der Waals surface area contributed by atoms with E-state index in [1.807, 2.05) is 0 Å². The van der Waals surface area contributed by atoms with Gasteiger partial charge in [0.1, 0.15) is 0 Å². The fourth-order valence-corrected chi connectivity index (χ4v) is 0.195. The lowest BCUT2D eigenvalue weighted by molar-refractivity contribution is -0.299. The van der Waals surface area contributed by atoms with Crippen LogP contribution in [0.5, 0.6) is 0 Å². The summed E-state index contributed by atoms with van der Waals surface area (Å²) in [5.74, 6) is 0.853. The van der Waals surface area contributed by atoms with E-state index in [-0.39, 0.29) is 12.0 Å². The summed E-state index contributed by atoms with van der Waals surface area (Å²) in [6, 6.07) is 0. The molecule has 0 heterocycles. The fraction of sp³-hybridized carbons (Fsp3) is 0.167. The summed E-state index contributed by atoms with van der Waals surface area (Å²) in [5, 5.41) is 9.78. The zero-order chi connectivity index (χ0) is 6.57. The van der Waals surface area contributed by atoms with Gasteiger partial charge in [-0.3, -0.25) is 0 Å². The van der Waals surface area contributed by atoms with Gasteiger partial charge in [0.05, 0.1) is 5.97 Å². The van der Waals surface area contributed by atoms with Crippen LogP contribution in [-0.2, 0) is 4.79 Å². The van der Waals surface area contributed by atoms with E-state index >= 15 is 0 Å². The van der Waals surface area contributed by atoms with Crippen LogP contribution >= 0.6 is 0 Å². The molecule has 8 heavy (non-hydrogen) atoms. The molecule has 0 aliphatic heterocycles. The van der Waals surface area contributed by atoms with E-state index in [2.05, 4.69) is 12.5 Å². The SMILES string of the molecule is C#CCC(=C)C(=O)[O-]. The summed E-state index contributed by atoms with van der Waals surface area (Å²) in [4.78, 5) is 9.78. The van der Waals surface area contributed by atoms with Crippen molar-refractivity contribution in [3.63, 3.8) is 0 Å². The summed E-state index contributed by atoms with van der Waals surface area (Å²) < 4.78 is 0. The van der Waals surface area contributed by atoms with Crippen LogP contribution in [0.3, 0.4) is 0 Å². The summed E-state index contributed by atoms with van der Waals surface area (Å²) in [6.45, 7) is 3.14. The second-order valence-electron chi connectivity index (χ2n) is 1.27. The minimum Gasteiger partial charge on any atom is -0.545 e. The third kappa shape index (κ3) is 2.04. The number of aliphatic carboxylic acids is 1. The molecule has 2 nitrogen and oxygen atoms in total. The van der Waals surface area contributed by atoms with E-state index in [0.717, 1.165) is 0 Å². The number of carboxylic acid groups (broad SMARTS) is 1. The maximum Gasteiger partial charge on any atom is 0.0678 e. The number of carbonyl (C=O) groups excluding carboxylic acids is 1. The Hall–Kier alpha value is -1.23. The highest BCUT2D eigenvalue weighted by Gasteiger charge is 1.87. The minimum atomic E-state index is -1.28. The molecule has 0 unspecified atom stereocenters. The largest absolute Gasteiger partial charge is 0.545 e. The Bertz CT molecular complexity index is 150. The highest BCUT2D eigenvalue weighted by molar-refractivity contribution is 5.84. The van der Waals surface area contributed by atoms with Gasteiger partial charge in [0, 0.05) is 6.42 Å². The van der Waals surface area contributed by atoms with E-state index in [1.165, 1.54) is 0 Å². The summed E-state index contributed by atoms with van der Waals surface area (Å²) >= 11 is 0. The van der Waals surface area contributed by atoms with Gasteiger partial charge >= 0.3 is 0 Å². The van der Waals surface area contributed by atoms with Crippen molar-refractivity contribution in [2.45, 2.75) is 6.42 Å². The maximum absolute atomic E-state index is 9.78. The molecule has 2 heteroatoms.